The third-order valence-electron chi connectivity index (χ3n) is 4.21. The molecule has 0 unspecified atom stereocenters. The van der Waals surface area contributed by atoms with Crippen LogP contribution in [0.3, 0.4) is 0 Å². The lowest BCUT2D eigenvalue weighted by Crippen LogP contribution is -2.41. The first-order valence-electron chi connectivity index (χ1n) is 7.86. The van der Waals surface area contributed by atoms with Gasteiger partial charge in [-0.1, -0.05) is 18.2 Å². The molecule has 5 heteroatoms. The van der Waals surface area contributed by atoms with E-state index < -0.39 is 0 Å². The Kier molecular flexibility index (Phi) is 4.25. The highest BCUT2D eigenvalue weighted by molar-refractivity contribution is 5.97. The molecule has 1 amide bonds. The summed E-state index contributed by atoms with van der Waals surface area (Å²) in [6.07, 6.45) is 0. The van der Waals surface area contributed by atoms with Gasteiger partial charge in [0.1, 0.15) is 6.54 Å². The van der Waals surface area contributed by atoms with Gasteiger partial charge in [-0.25, -0.2) is 4.79 Å². The lowest BCUT2D eigenvalue weighted by Gasteiger charge is -2.29. The van der Waals surface area contributed by atoms with Crippen LogP contribution in [0.2, 0.25) is 0 Å². The number of esters is 1. The zero-order valence-electron chi connectivity index (χ0n) is 14.1. The molecule has 0 bridgehead atoms. The van der Waals surface area contributed by atoms with Gasteiger partial charge in [-0.15, -0.1) is 0 Å². The number of fused-ring (bicyclic) bond motifs is 1. The summed E-state index contributed by atoms with van der Waals surface area (Å²) in [6, 6.07) is 11.4. The van der Waals surface area contributed by atoms with Crippen LogP contribution in [0.25, 0.3) is 0 Å². The first kappa shape index (κ1) is 16.1. The van der Waals surface area contributed by atoms with Gasteiger partial charge in [-0.05, 0) is 55.7 Å². The average Bonchev–Trinajstić information content (AvgIpc) is 2.52. The van der Waals surface area contributed by atoms with Crippen LogP contribution in [-0.2, 0) is 9.59 Å². The average molecular weight is 324 g/mol. The van der Waals surface area contributed by atoms with Crippen molar-refractivity contribution in [2.75, 3.05) is 23.3 Å². The van der Waals surface area contributed by atoms with E-state index in [-0.39, 0.29) is 25.0 Å². The SMILES string of the molecule is Cc1ccc2c(c1)N(CC(=O)Nc1cccc(C)c1C)CC(=O)O2. The normalized spacial score (nSPS) is 13.3. The molecule has 0 saturated heterocycles. The van der Waals surface area contributed by atoms with Gasteiger partial charge in [0.05, 0.1) is 12.2 Å². The molecule has 0 aliphatic carbocycles. The van der Waals surface area contributed by atoms with Gasteiger partial charge >= 0.3 is 5.97 Å². The maximum Gasteiger partial charge on any atom is 0.331 e. The Balaban J connectivity index is 1.78. The number of aryl methyl sites for hydroxylation is 2. The molecule has 1 aliphatic heterocycles. The van der Waals surface area contributed by atoms with Crippen molar-refractivity contribution in [3.05, 3.63) is 53.1 Å². The second-order valence-corrected chi connectivity index (χ2v) is 6.10. The molecule has 2 aromatic carbocycles. The molecule has 5 nitrogen and oxygen atoms in total. The van der Waals surface area contributed by atoms with Gasteiger partial charge < -0.3 is 15.0 Å². The summed E-state index contributed by atoms with van der Waals surface area (Å²) in [6.45, 7) is 6.10. The summed E-state index contributed by atoms with van der Waals surface area (Å²) in [4.78, 5) is 25.9. The van der Waals surface area contributed by atoms with Crippen LogP contribution < -0.4 is 15.0 Å². The molecule has 1 heterocycles. The molecule has 1 aliphatic rings. The van der Waals surface area contributed by atoms with Crippen molar-refractivity contribution < 1.29 is 14.3 Å². The highest BCUT2D eigenvalue weighted by Gasteiger charge is 2.25. The fourth-order valence-electron chi connectivity index (χ4n) is 2.75. The number of ether oxygens (including phenoxy) is 1. The van der Waals surface area contributed by atoms with Crippen LogP contribution in [0.4, 0.5) is 11.4 Å². The summed E-state index contributed by atoms with van der Waals surface area (Å²) in [7, 11) is 0. The Bertz CT molecular complexity index is 814. The van der Waals surface area contributed by atoms with E-state index in [1.807, 2.05) is 51.1 Å². The highest BCUT2D eigenvalue weighted by Crippen LogP contribution is 2.32. The van der Waals surface area contributed by atoms with Crippen molar-refractivity contribution in [3.8, 4) is 5.75 Å². The van der Waals surface area contributed by atoms with E-state index >= 15 is 0 Å². The zero-order chi connectivity index (χ0) is 17.3. The Labute approximate surface area is 141 Å². The van der Waals surface area contributed by atoms with Gasteiger partial charge in [0.25, 0.3) is 0 Å². The Hall–Kier alpha value is -2.82. The quantitative estimate of drug-likeness (QED) is 0.696. The van der Waals surface area contributed by atoms with Gasteiger partial charge in [-0.3, -0.25) is 4.79 Å². The van der Waals surface area contributed by atoms with Gasteiger partial charge in [-0.2, -0.15) is 0 Å². The van der Waals surface area contributed by atoms with Crippen molar-refractivity contribution in [2.24, 2.45) is 0 Å². The summed E-state index contributed by atoms with van der Waals surface area (Å²) in [5.74, 6) is -0.0202. The van der Waals surface area contributed by atoms with E-state index in [1.54, 1.807) is 11.0 Å². The number of carbonyl (C=O) groups excluding carboxylic acids is 2. The van der Waals surface area contributed by atoms with Crippen molar-refractivity contribution in [2.45, 2.75) is 20.8 Å². The molecule has 1 N–H and O–H groups in total. The third kappa shape index (κ3) is 3.25. The van der Waals surface area contributed by atoms with Crippen LogP contribution in [0.5, 0.6) is 5.75 Å². The topological polar surface area (TPSA) is 58.6 Å². The molecular weight excluding hydrogens is 304 g/mol. The molecular formula is C19H20N2O3. The minimum absolute atomic E-state index is 0.0661. The number of hydrogen-bond acceptors (Lipinski definition) is 4. The molecule has 3 rings (SSSR count). The van der Waals surface area contributed by atoms with Gasteiger partial charge in [0.15, 0.2) is 5.75 Å². The Morgan fingerprint density at radius 1 is 1.21 bits per heavy atom. The summed E-state index contributed by atoms with van der Waals surface area (Å²) >= 11 is 0. The summed E-state index contributed by atoms with van der Waals surface area (Å²) < 4.78 is 5.24. The van der Waals surface area contributed by atoms with E-state index in [9.17, 15) is 9.59 Å². The van der Waals surface area contributed by atoms with Crippen molar-refractivity contribution in [1.29, 1.82) is 0 Å². The van der Waals surface area contributed by atoms with Crippen LogP contribution in [0, 0.1) is 20.8 Å². The lowest BCUT2D eigenvalue weighted by atomic mass is 10.1. The second-order valence-electron chi connectivity index (χ2n) is 6.10. The number of carbonyl (C=O) groups is 2. The van der Waals surface area contributed by atoms with E-state index in [4.69, 9.17) is 4.74 Å². The van der Waals surface area contributed by atoms with Gasteiger partial charge in [0, 0.05) is 5.69 Å². The molecule has 0 radical (unpaired) electrons. The Morgan fingerprint density at radius 2 is 2.00 bits per heavy atom. The maximum absolute atomic E-state index is 12.4. The number of hydrogen-bond donors (Lipinski definition) is 1. The highest BCUT2D eigenvalue weighted by atomic mass is 16.5. The third-order valence-corrected chi connectivity index (χ3v) is 4.21. The molecule has 24 heavy (non-hydrogen) atoms. The predicted molar refractivity (Wildman–Crippen MR) is 93.6 cm³/mol. The van der Waals surface area contributed by atoms with Crippen LogP contribution in [0.15, 0.2) is 36.4 Å². The van der Waals surface area contributed by atoms with E-state index in [2.05, 4.69) is 5.32 Å². The first-order valence-corrected chi connectivity index (χ1v) is 7.86. The van der Waals surface area contributed by atoms with Crippen molar-refractivity contribution >= 4 is 23.3 Å². The first-order chi connectivity index (χ1) is 11.4. The number of amides is 1. The van der Waals surface area contributed by atoms with Crippen LogP contribution in [-0.4, -0.2) is 25.0 Å². The fourth-order valence-corrected chi connectivity index (χ4v) is 2.75. The van der Waals surface area contributed by atoms with Crippen LogP contribution in [0.1, 0.15) is 16.7 Å². The molecule has 124 valence electrons. The van der Waals surface area contributed by atoms with Crippen molar-refractivity contribution in [3.63, 3.8) is 0 Å². The standard InChI is InChI=1S/C19H20N2O3/c1-12-7-8-17-16(9-12)21(11-19(23)24-17)10-18(22)20-15-6-4-5-13(2)14(15)3/h4-9H,10-11H2,1-3H3,(H,20,22). The van der Waals surface area contributed by atoms with E-state index in [0.717, 1.165) is 28.1 Å². The number of rotatable bonds is 3. The van der Waals surface area contributed by atoms with E-state index in [1.165, 1.54) is 0 Å². The van der Waals surface area contributed by atoms with E-state index in [0.29, 0.717) is 5.75 Å². The molecule has 0 atom stereocenters. The molecule has 0 saturated carbocycles. The van der Waals surface area contributed by atoms with Crippen molar-refractivity contribution in [1.82, 2.24) is 0 Å². The predicted octanol–water partition coefficient (Wildman–Crippen LogP) is 2.98. The maximum atomic E-state index is 12.4. The summed E-state index contributed by atoms with van der Waals surface area (Å²) in [5.41, 5.74) is 4.77. The van der Waals surface area contributed by atoms with Gasteiger partial charge in [0.2, 0.25) is 5.91 Å². The minimum Gasteiger partial charge on any atom is -0.423 e. The number of nitrogens with one attached hydrogen (secondary N) is 1. The molecule has 0 spiro atoms. The van der Waals surface area contributed by atoms with Crippen LogP contribution >= 0.6 is 0 Å². The molecule has 0 aromatic heterocycles. The lowest BCUT2D eigenvalue weighted by molar-refractivity contribution is -0.133. The number of anilines is 2. The summed E-state index contributed by atoms with van der Waals surface area (Å²) in [5, 5.41) is 2.93. The number of nitrogens with zero attached hydrogens (tertiary/aromatic N) is 1. The minimum atomic E-state index is -0.356. The monoisotopic (exact) mass is 324 g/mol. The Morgan fingerprint density at radius 3 is 2.79 bits per heavy atom. The molecule has 2 aromatic rings. The number of benzene rings is 2. The second kappa shape index (κ2) is 6.35. The smallest absolute Gasteiger partial charge is 0.331 e. The largest absolute Gasteiger partial charge is 0.423 e. The molecule has 0 fully saturated rings. The zero-order valence-corrected chi connectivity index (χ0v) is 14.1. The fraction of sp³-hybridized carbons (Fsp3) is 0.263.